The van der Waals surface area contributed by atoms with Crippen LogP contribution in [0.2, 0.25) is 0 Å². The third-order valence-corrected chi connectivity index (χ3v) is 5.19. The molecule has 0 aromatic carbocycles. The summed E-state index contributed by atoms with van der Waals surface area (Å²) in [4.78, 5) is 4.66. The molecule has 0 radical (unpaired) electrons. The summed E-state index contributed by atoms with van der Waals surface area (Å²) in [5.41, 5.74) is 1.16. The van der Waals surface area contributed by atoms with Crippen molar-refractivity contribution < 1.29 is 0 Å². The summed E-state index contributed by atoms with van der Waals surface area (Å²) in [6.07, 6.45) is 2.53. The van der Waals surface area contributed by atoms with E-state index in [1.54, 1.807) is 0 Å². The van der Waals surface area contributed by atoms with E-state index in [0.29, 0.717) is 6.04 Å². The molecule has 90 valence electrons. The Bertz CT molecular complexity index is 319. The average molecular weight is 256 g/mol. The monoisotopic (exact) mass is 256 g/mol. The van der Waals surface area contributed by atoms with Crippen LogP contribution in [0.4, 0.5) is 0 Å². The predicted molar refractivity (Wildman–Crippen MR) is 73.3 cm³/mol. The lowest BCUT2D eigenvalue weighted by Crippen LogP contribution is -2.29. The molecule has 2 heterocycles. The molecule has 0 saturated carbocycles. The number of thiazole rings is 1. The molecule has 1 aliphatic heterocycles. The van der Waals surface area contributed by atoms with Gasteiger partial charge in [-0.1, -0.05) is 6.92 Å². The largest absolute Gasteiger partial charge is 0.308 e. The van der Waals surface area contributed by atoms with Crippen LogP contribution in [-0.2, 0) is 0 Å². The summed E-state index contributed by atoms with van der Waals surface area (Å²) in [6, 6.07) is 0.494. The highest BCUT2D eigenvalue weighted by atomic mass is 32.2. The number of thioether (sulfide) groups is 1. The number of aromatic nitrogens is 1. The fourth-order valence-corrected chi connectivity index (χ4v) is 4.35. The van der Waals surface area contributed by atoms with E-state index in [2.05, 4.69) is 41.3 Å². The molecule has 2 rings (SSSR count). The Labute approximate surface area is 106 Å². The van der Waals surface area contributed by atoms with Crippen molar-refractivity contribution in [2.24, 2.45) is 5.92 Å². The number of hydrogen-bond donors (Lipinski definition) is 1. The Morgan fingerprint density at radius 2 is 2.50 bits per heavy atom. The number of nitrogens with one attached hydrogen (secondary N) is 1. The fraction of sp³-hybridized carbons (Fsp3) is 0.750. The van der Waals surface area contributed by atoms with Gasteiger partial charge in [0.2, 0.25) is 0 Å². The molecule has 2 unspecified atom stereocenters. The van der Waals surface area contributed by atoms with Gasteiger partial charge in [0.15, 0.2) is 0 Å². The molecule has 0 amide bonds. The zero-order valence-electron chi connectivity index (χ0n) is 10.0. The van der Waals surface area contributed by atoms with E-state index in [9.17, 15) is 0 Å². The lowest BCUT2D eigenvalue weighted by molar-refractivity contribution is 0.392. The first-order valence-electron chi connectivity index (χ1n) is 6.04. The Kier molecular flexibility index (Phi) is 4.67. The highest BCUT2D eigenvalue weighted by Crippen LogP contribution is 2.35. The van der Waals surface area contributed by atoms with E-state index in [-0.39, 0.29) is 0 Å². The highest BCUT2D eigenvalue weighted by molar-refractivity contribution is 7.99. The molecule has 1 aromatic rings. The maximum atomic E-state index is 4.66. The van der Waals surface area contributed by atoms with E-state index in [1.807, 2.05) is 11.3 Å². The van der Waals surface area contributed by atoms with Gasteiger partial charge >= 0.3 is 0 Å². The van der Waals surface area contributed by atoms with Crippen molar-refractivity contribution >= 4 is 23.1 Å². The summed E-state index contributed by atoms with van der Waals surface area (Å²) in [6.45, 7) is 5.41. The SMILES string of the molecule is CCCNC(c1nc(C)cs1)C1CCSC1. The van der Waals surface area contributed by atoms with Gasteiger partial charge in [-0.05, 0) is 43.7 Å². The summed E-state index contributed by atoms with van der Waals surface area (Å²) in [7, 11) is 0. The zero-order valence-corrected chi connectivity index (χ0v) is 11.7. The van der Waals surface area contributed by atoms with Crippen molar-refractivity contribution in [1.82, 2.24) is 10.3 Å². The topological polar surface area (TPSA) is 24.9 Å². The molecule has 2 nitrogen and oxygen atoms in total. The molecule has 4 heteroatoms. The van der Waals surface area contributed by atoms with Gasteiger partial charge in [0.05, 0.1) is 6.04 Å². The normalized spacial score (nSPS) is 22.5. The maximum absolute atomic E-state index is 4.66. The Hall–Kier alpha value is -0.0600. The molecule has 0 aliphatic carbocycles. The Balaban J connectivity index is 2.06. The third kappa shape index (κ3) is 2.99. The summed E-state index contributed by atoms with van der Waals surface area (Å²) < 4.78 is 0. The standard InChI is InChI=1S/C12H20N2S2/c1-3-5-13-11(10-4-6-15-8-10)12-14-9(2)7-16-12/h7,10-11,13H,3-6,8H2,1-2H3. The Morgan fingerprint density at radius 1 is 1.62 bits per heavy atom. The minimum atomic E-state index is 0.494. The quantitative estimate of drug-likeness (QED) is 0.875. The molecule has 16 heavy (non-hydrogen) atoms. The predicted octanol–water partition coefficient (Wildman–Crippen LogP) is 3.25. The number of rotatable bonds is 5. The van der Waals surface area contributed by atoms with Gasteiger partial charge in [-0.25, -0.2) is 4.98 Å². The maximum Gasteiger partial charge on any atom is 0.110 e. The first-order valence-corrected chi connectivity index (χ1v) is 8.08. The van der Waals surface area contributed by atoms with Gasteiger partial charge < -0.3 is 5.32 Å². The lowest BCUT2D eigenvalue weighted by Gasteiger charge is -2.22. The minimum Gasteiger partial charge on any atom is -0.308 e. The molecule has 2 atom stereocenters. The molecule has 0 bridgehead atoms. The van der Waals surface area contributed by atoms with Crippen LogP contribution in [0.5, 0.6) is 0 Å². The van der Waals surface area contributed by atoms with Gasteiger partial charge in [0.25, 0.3) is 0 Å². The van der Waals surface area contributed by atoms with Crippen LogP contribution in [0.3, 0.4) is 0 Å². The lowest BCUT2D eigenvalue weighted by atomic mass is 9.99. The highest BCUT2D eigenvalue weighted by Gasteiger charge is 2.28. The summed E-state index contributed by atoms with van der Waals surface area (Å²) >= 11 is 3.89. The van der Waals surface area contributed by atoms with Crippen molar-refractivity contribution in [1.29, 1.82) is 0 Å². The molecular formula is C12H20N2S2. The van der Waals surface area contributed by atoms with Crippen LogP contribution in [0.15, 0.2) is 5.38 Å². The number of hydrogen-bond acceptors (Lipinski definition) is 4. The molecule has 1 aliphatic rings. The van der Waals surface area contributed by atoms with Gasteiger partial charge in [-0.3, -0.25) is 0 Å². The number of nitrogens with zero attached hydrogens (tertiary/aromatic N) is 1. The van der Waals surface area contributed by atoms with Crippen LogP contribution in [0.1, 0.15) is 36.5 Å². The fourth-order valence-electron chi connectivity index (χ4n) is 2.09. The molecule has 0 spiro atoms. The van der Waals surface area contributed by atoms with Crippen molar-refractivity contribution in [2.75, 3.05) is 18.1 Å². The van der Waals surface area contributed by atoms with Crippen molar-refractivity contribution in [3.63, 3.8) is 0 Å². The van der Waals surface area contributed by atoms with E-state index >= 15 is 0 Å². The zero-order chi connectivity index (χ0) is 11.4. The van der Waals surface area contributed by atoms with E-state index in [0.717, 1.165) is 18.2 Å². The average Bonchev–Trinajstić information content (AvgIpc) is 2.91. The molecule has 1 aromatic heterocycles. The summed E-state index contributed by atoms with van der Waals surface area (Å²) in [5, 5.41) is 7.13. The second-order valence-corrected chi connectivity index (χ2v) is 6.42. The van der Waals surface area contributed by atoms with E-state index < -0.39 is 0 Å². The molecule has 1 saturated heterocycles. The van der Waals surface area contributed by atoms with Crippen molar-refractivity contribution in [3.8, 4) is 0 Å². The van der Waals surface area contributed by atoms with E-state index in [4.69, 9.17) is 0 Å². The van der Waals surface area contributed by atoms with Gasteiger partial charge in [-0.2, -0.15) is 11.8 Å². The number of aryl methyl sites for hydroxylation is 1. The second-order valence-electron chi connectivity index (χ2n) is 4.38. The van der Waals surface area contributed by atoms with Crippen LogP contribution in [-0.4, -0.2) is 23.0 Å². The van der Waals surface area contributed by atoms with Crippen LogP contribution in [0, 0.1) is 12.8 Å². The van der Waals surface area contributed by atoms with E-state index in [1.165, 1.54) is 29.4 Å². The third-order valence-electron chi connectivity index (χ3n) is 2.95. The van der Waals surface area contributed by atoms with Gasteiger partial charge in [-0.15, -0.1) is 11.3 Å². The van der Waals surface area contributed by atoms with Crippen LogP contribution >= 0.6 is 23.1 Å². The Morgan fingerprint density at radius 3 is 3.06 bits per heavy atom. The molecular weight excluding hydrogens is 236 g/mol. The first kappa shape index (κ1) is 12.4. The smallest absolute Gasteiger partial charge is 0.110 e. The minimum absolute atomic E-state index is 0.494. The van der Waals surface area contributed by atoms with Gasteiger partial charge in [0, 0.05) is 11.1 Å². The molecule has 1 fully saturated rings. The van der Waals surface area contributed by atoms with Crippen LogP contribution < -0.4 is 5.32 Å². The van der Waals surface area contributed by atoms with Crippen LogP contribution in [0.25, 0.3) is 0 Å². The molecule has 1 N–H and O–H groups in total. The van der Waals surface area contributed by atoms with Gasteiger partial charge in [0.1, 0.15) is 5.01 Å². The van der Waals surface area contributed by atoms with Crippen molar-refractivity contribution in [2.45, 2.75) is 32.7 Å². The van der Waals surface area contributed by atoms with Crippen molar-refractivity contribution in [3.05, 3.63) is 16.1 Å². The second kappa shape index (κ2) is 6.03. The summed E-state index contributed by atoms with van der Waals surface area (Å²) in [5.74, 6) is 3.39. The first-order chi connectivity index (χ1) is 7.81.